The molecule has 74 valence electrons. The van der Waals surface area contributed by atoms with Crippen molar-refractivity contribution in [2.24, 2.45) is 0 Å². The van der Waals surface area contributed by atoms with E-state index in [4.69, 9.17) is 0 Å². The zero-order chi connectivity index (χ0) is 10.1. The number of alkyl halides is 3. The Morgan fingerprint density at radius 3 is 2.62 bits per heavy atom. The first-order chi connectivity index (χ1) is 5.96. The third-order valence-corrected chi connectivity index (χ3v) is 3.28. The lowest BCUT2D eigenvalue weighted by atomic mass is 10.5. The van der Waals surface area contributed by atoms with Crippen LogP contribution in [-0.2, 0) is 9.53 Å². The van der Waals surface area contributed by atoms with Crippen LogP contribution in [0.5, 0.6) is 0 Å². The molecule has 0 aliphatic carbocycles. The van der Waals surface area contributed by atoms with Crippen LogP contribution in [0.1, 0.15) is 0 Å². The summed E-state index contributed by atoms with van der Waals surface area (Å²) >= 11 is 0. The van der Waals surface area contributed by atoms with Gasteiger partial charge in [-0.1, -0.05) is 6.08 Å². The standard InChI is InChI=1S/C7H7F3O2S/c1-12-6(11)5-3-2-4-13(5)7(8,9)10/h2-4,13H,1H3. The molecule has 0 aromatic heterocycles. The van der Waals surface area contributed by atoms with Crippen LogP contribution in [0, 0.1) is 0 Å². The van der Waals surface area contributed by atoms with Gasteiger partial charge in [-0.05, 0) is 11.5 Å². The Morgan fingerprint density at radius 1 is 1.54 bits per heavy atom. The Hall–Kier alpha value is -0.910. The predicted octanol–water partition coefficient (Wildman–Crippen LogP) is 2.09. The van der Waals surface area contributed by atoms with Gasteiger partial charge in [0.25, 0.3) is 0 Å². The first-order valence-corrected chi connectivity index (χ1v) is 4.71. The number of hydrogen-bond acceptors (Lipinski definition) is 2. The lowest BCUT2D eigenvalue weighted by molar-refractivity contribution is -0.135. The fourth-order valence-corrected chi connectivity index (χ4v) is 2.27. The van der Waals surface area contributed by atoms with E-state index in [0.29, 0.717) is 0 Å². The highest BCUT2D eigenvalue weighted by atomic mass is 32.2. The molecule has 6 heteroatoms. The quantitative estimate of drug-likeness (QED) is 0.532. The van der Waals surface area contributed by atoms with Crippen molar-refractivity contribution in [3.8, 4) is 0 Å². The van der Waals surface area contributed by atoms with Gasteiger partial charge in [-0.15, -0.1) is 10.9 Å². The van der Waals surface area contributed by atoms with Crippen molar-refractivity contribution >= 4 is 16.9 Å². The number of carbonyl (C=O) groups excluding carboxylic acids is 1. The fraction of sp³-hybridized carbons (Fsp3) is 0.286. The first-order valence-electron chi connectivity index (χ1n) is 3.29. The maximum absolute atomic E-state index is 12.2. The SMILES string of the molecule is COC(=O)C1=CC=C[SH]1C(F)(F)F. The summed E-state index contributed by atoms with van der Waals surface area (Å²) in [5, 5.41) is 0.988. The summed E-state index contributed by atoms with van der Waals surface area (Å²) in [7, 11) is -1.43. The van der Waals surface area contributed by atoms with Gasteiger partial charge < -0.3 is 4.74 Å². The largest absolute Gasteiger partial charge is 0.465 e. The molecule has 0 N–H and O–H groups in total. The van der Waals surface area contributed by atoms with E-state index >= 15 is 0 Å². The van der Waals surface area contributed by atoms with Crippen LogP contribution in [-0.4, -0.2) is 18.6 Å². The number of halogens is 3. The number of allylic oxidation sites excluding steroid dienone is 2. The summed E-state index contributed by atoms with van der Waals surface area (Å²) in [5.41, 5.74) is -4.36. The van der Waals surface area contributed by atoms with E-state index in [9.17, 15) is 18.0 Å². The van der Waals surface area contributed by atoms with Crippen LogP contribution >= 0.6 is 10.9 Å². The summed E-state index contributed by atoms with van der Waals surface area (Å²) in [4.78, 5) is 10.6. The number of thiol groups is 1. The molecule has 0 spiro atoms. The molecular formula is C7H7F3O2S. The molecule has 1 heterocycles. The van der Waals surface area contributed by atoms with Gasteiger partial charge in [-0.25, -0.2) is 4.79 Å². The molecule has 1 rings (SSSR count). The minimum atomic E-state index is -4.36. The van der Waals surface area contributed by atoms with Crippen LogP contribution in [0.4, 0.5) is 13.2 Å². The van der Waals surface area contributed by atoms with Gasteiger partial charge in [-0.3, -0.25) is 0 Å². The molecule has 0 saturated heterocycles. The van der Waals surface area contributed by atoms with Crippen LogP contribution in [0.15, 0.2) is 22.5 Å². The van der Waals surface area contributed by atoms with Crippen molar-refractivity contribution in [1.82, 2.24) is 0 Å². The fourth-order valence-electron chi connectivity index (χ4n) is 0.873. The van der Waals surface area contributed by atoms with Crippen molar-refractivity contribution in [3.05, 3.63) is 22.5 Å². The van der Waals surface area contributed by atoms with E-state index in [-0.39, 0.29) is 4.91 Å². The van der Waals surface area contributed by atoms with E-state index in [2.05, 4.69) is 4.74 Å². The van der Waals surface area contributed by atoms with Crippen molar-refractivity contribution in [1.29, 1.82) is 0 Å². The summed E-state index contributed by atoms with van der Waals surface area (Å²) in [6, 6.07) is 0. The maximum Gasteiger partial charge on any atom is 0.430 e. The Morgan fingerprint density at radius 2 is 2.15 bits per heavy atom. The second kappa shape index (κ2) is 3.45. The van der Waals surface area contributed by atoms with Gasteiger partial charge in [-0.2, -0.15) is 13.2 Å². The van der Waals surface area contributed by atoms with Crippen LogP contribution in [0.2, 0.25) is 0 Å². The minimum absolute atomic E-state index is 0.301. The average molecular weight is 212 g/mol. The molecule has 0 saturated carbocycles. The summed E-state index contributed by atoms with van der Waals surface area (Å²) in [6.07, 6.45) is 2.37. The molecule has 2 nitrogen and oxygen atoms in total. The van der Waals surface area contributed by atoms with E-state index in [1.807, 2.05) is 0 Å². The van der Waals surface area contributed by atoms with Gasteiger partial charge in [0.2, 0.25) is 0 Å². The molecule has 0 fully saturated rings. The first kappa shape index (κ1) is 10.2. The van der Waals surface area contributed by atoms with Gasteiger partial charge in [0.1, 0.15) is 0 Å². The number of esters is 1. The smallest absolute Gasteiger partial charge is 0.430 e. The number of hydrogen-bond donors (Lipinski definition) is 1. The van der Waals surface area contributed by atoms with E-state index < -0.39 is 22.4 Å². The molecule has 0 aromatic rings. The number of carbonyl (C=O) groups is 1. The predicted molar refractivity (Wildman–Crippen MR) is 44.3 cm³/mol. The normalized spacial score (nSPS) is 24.3. The molecular weight excluding hydrogens is 205 g/mol. The lowest BCUT2D eigenvalue weighted by Gasteiger charge is -2.19. The monoisotopic (exact) mass is 212 g/mol. The Labute approximate surface area is 75.4 Å². The number of rotatable bonds is 1. The summed E-state index contributed by atoms with van der Waals surface area (Å²) in [6.45, 7) is 0. The van der Waals surface area contributed by atoms with Crippen molar-refractivity contribution in [3.63, 3.8) is 0 Å². The van der Waals surface area contributed by atoms with Crippen LogP contribution in [0.25, 0.3) is 0 Å². The molecule has 1 atom stereocenters. The average Bonchev–Trinajstić information content (AvgIpc) is 2.49. The van der Waals surface area contributed by atoms with Gasteiger partial charge in [0.15, 0.2) is 0 Å². The second-order valence-electron chi connectivity index (χ2n) is 2.22. The number of ether oxygens (including phenoxy) is 1. The van der Waals surface area contributed by atoms with Crippen molar-refractivity contribution in [2.45, 2.75) is 5.51 Å². The Kier molecular flexibility index (Phi) is 2.70. The maximum atomic E-state index is 12.2. The van der Waals surface area contributed by atoms with Gasteiger partial charge in [0.05, 0.1) is 12.0 Å². The lowest BCUT2D eigenvalue weighted by Crippen LogP contribution is -2.13. The molecule has 0 bridgehead atoms. The van der Waals surface area contributed by atoms with Gasteiger partial charge in [0, 0.05) is 0 Å². The minimum Gasteiger partial charge on any atom is -0.465 e. The van der Waals surface area contributed by atoms with E-state index in [1.165, 1.54) is 6.08 Å². The highest BCUT2D eigenvalue weighted by molar-refractivity contribution is 8.24. The van der Waals surface area contributed by atoms with Crippen LogP contribution in [0.3, 0.4) is 0 Å². The Balaban J connectivity index is 2.85. The third-order valence-electron chi connectivity index (χ3n) is 1.42. The van der Waals surface area contributed by atoms with Gasteiger partial charge >= 0.3 is 11.5 Å². The zero-order valence-corrected chi connectivity index (χ0v) is 7.52. The molecule has 0 aromatic carbocycles. The zero-order valence-electron chi connectivity index (χ0n) is 6.63. The molecule has 1 aliphatic heterocycles. The summed E-state index contributed by atoms with van der Waals surface area (Å²) in [5.74, 6) is -0.909. The second-order valence-corrected chi connectivity index (χ2v) is 4.25. The third kappa shape index (κ3) is 2.06. The van der Waals surface area contributed by atoms with Crippen molar-refractivity contribution in [2.75, 3.05) is 7.11 Å². The van der Waals surface area contributed by atoms with E-state index in [1.54, 1.807) is 0 Å². The summed E-state index contributed by atoms with van der Waals surface area (Å²) < 4.78 is 40.9. The van der Waals surface area contributed by atoms with Crippen molar-refractivity contribution < 1.29 is 22.7 Å². The highest BCUT2D eigenvalue weighted by Gasteiger charge is 2.41. The van der Waals surface area contributed by atoms with E-state index in [0.717, 1.165) is 18.6 Å². The molecule has 1 aliphatic rings. The molecule has 1 unspecified atom stereocenters. The number of methoxy groups -OCH3 is 1. The molecule has 0 amide bonds. The molecule has 0 radical (unpaired) electrons. The van der Waals surface area contributed by atoms with Crippen LogP contribution < -0.4 is 0 Å². The highest BCUT2D eigenvalue weighted by Crippen LogP contribution is 2.54. The Bertz CT molecular complexity index is 280. The molecule has 13 heavy (non-hydrogen) atoms. The topological polar surface area (TPSA) is 26.3 Å².